The molecule has 0 bridgehead atoms. The zero-order valence-electron chi connectivity index (χ0n) is 19.1. The van der Waals surface area contributed by atoms with Crippen LogP contribution in [0.3, 0.4) is 0 Å². The molecule has 0 saturated carbocycles. The maximum absolute atomic E-state index is 12.4. The van der Waals surface area contributed by atoms with Crippen LogP contribution in [0.5, 0.6) is 17.2 Å². The van der Waals surface area contributed by atoms with Gasteiger partial charge in [0.25, 0.3) is 0 Å². The second-order valence-corrected chi connectivity index (χ2v) is 7.90. The van der Waals surface area contributed by atoms with Gasteiger partial charge in [-0.1, -0.05) is 52.9 Å². The number of benzene rings is 2. The van der Waals surface area contributed by atoms with E-state index in [1.807, 2.05) is 18.2 Å². The average molecular weight is 425 g/mol. The van der Waals surface area contributed by atoms with Crippen molar-refractivity contribution in [1.82, 2.24) is 0 Å². The summed E-state index contributed by atoms with van der Waals surface area (Å²) in [5.41, 5.74) is 0.476. The summed E-state index contributed by atoms with van der Waals surface area (Å²) in [5.74, 6) is 2.07. The molecule has 0 aliphatic heterocycles. The number of hydrogen-bond donors (Lipinski definition) is 0. The number of hydrogen-bond acceptors (Lipinski definition) is 4. The Bertz CT molecular complexity index is 778. The third-order valence-electron chi connectivity index (χ3n) is 5.13. The third-order valence-corrected chi connectivity index (χ3v) is 5.13. The summed E-state index contributed by atoms with van der Waals surface area (Å²) in [6, 6.07) is 14.1. The molecule has 0 aromatic heterocycles. The number of allylic oxidation sites excluding steroid dienone is 1. The van der Waals surface area contributed by atoms with Gasteiger partial charge in [-0.15, -0.1) is 0 Å². The molecule has 0 amide bonds. The van der Waals surface area contributed by atoms with Crippen LogP contribution in [0, 0.1) is 5.92 Å². The van der Waals surface area contributed by atoms with Crippen molar-refractivity contribution < 1.29 is 19.0 Å². The van der Waals surface area contributed by atoms with E-state index in [0.717, 1.165) is 18.6 Å². The molecule has 0 aliphatic carbocycles. The van der Waals surface area contributed by atoms with Gasteiger partial charge in [0.15, 0.2) is 0 Å². The Kier molecular flexibility index (Phi) is 11.3. The van der Waals surface area contributed by atoms with Crippen molar-refractivity contribution in [3.63, 3.8) is 0 Å². The zero-order chi connectivity index (χ0) is 22.3. The summed E-state index contributed by atoms with van der Waals surface area (Å²) in [6.07, 6.45) is 12.2. The standard InChI is InChI=1S/C27H36O4/c1-4-6-7-8-9-10-11-20-29-24-14-12-23(13-15-24)27(28)31-26-18-16-25(17-19-26)30-21-22(3)5-2/h11-20,22H,4-10,21H2,1-3H3. The van der Waals surface area contributed by atoms with Crippen molar-refractivity contribution in [3.8, 4) is 17.2 Å². The highest BCUT2D eigenvalue weighted by Gasteiger charge is 2.09. The highest BCUT2D eigenvalue weighted by molar-refractivity contribution is 5.91. The van der Waals surface area contributed by atoms with Gasteiger partial charge in [-0.05, 0) is 73.4 Å². The van der Waals surface area contributed by atoms with E-state index >= 15 is 0 Å². The molecule has 31 heavy (non-hydrogen) atoms. The van der Waals surface area contributed by atoms with Crippen molar-refractivity contribution >= 4 is 5.97 Å². The predicted octanol–water partition coefficient (Wildman–Crippen LogP) is 7.58. The van der Waals surface area contributed by atoms with Crippen molar-refractivity contribution in [3.05, 3.63) is 66.4 Å². The smallest absolute Gasteiger partial charge is 0.343 e. The minimum absolute atomic E-state index is 0.401. The highest BCUT2D eigenvalue weighted by Crippen LogP contribution is 2.20. The molecule has 2 rings (SSSR count). The predicted molar refractivity (Wildman–Crippen MR) is 126 cm³/mol. The lowest BCUT2D eigenvalue weighted by atomic mass is 10.1. The Morgan fingerprint density at radius 1 is 0.871 bits per heavy atom. The first-order valence-electron chi connectivity index (χ1n) is 11.5. The molecular formula is C27H36O4. The van der Waals surface area contributed by atoms with Crippen LogP contribution in [0.2, 0.25) is 0 Å². The van der Waals surface area contributed by atoms with Crippen LogP contribution in [-0.2, 0) is 0 Å². The van der Waals surface area contributed by atoms with E-state index in [1.165, 1.54) is 32.1 Å². The van der Waals surface area contributed by atoms with Crippen LogP contribution in [0.25, 0.3) is 0 Å². The van der Waals surface area contributed by atoms with Crippen LogP contribution in [0.15, 0.2) is 60.9 Å². The van der Waals surface area contributed by atoms with E-state index in [-0.39, 0.29) is 0 Å². The van der Waals surface area contributed by atoms with Crippen LogP contribution in [0.4, 0.5) is 0 Å². The fourth-order valence-corrected chi connectivity index (χ4v) is 2.86. The SMILES string of the molecule is CCCCCCCC=COc1ccc(C(=O)Oc2ccc(OCC(C)CC)cc2)cc1. The van der Waals surface area contributed by atoms with E-state index in [1.54, 1.807) is 42.7 Å². The number of carbonyl (C=O) groups excluding carboxylic acids is 1. The van der Waals surface area contributed by atoms with Crippen LogP contribution >= 0.6 is 0 Å². The molecule has 0 heterocycles. The molecule has 4 nitrogen and oxygen atoms in total. The Morgan fingerprint density at radius 2 is 1.52 bits per heavy atom. The molecule has 0 aliphatic rings. The van der Waals surface area contributed by atoms with Gasteiger partial charge in [0, 0.05) is 0 Å². The van der Waals surface area contributed by atoms with Gasteiger partial charge in [-0.2, -0.15) is 0 Å². The van der Waals surface area contributed by atoms with Gasteiger partial charge in [-0.3, -0.25) is 0 Å². The summed E-state index contributed by atoms with van der Waals surface area (Å²) < 4.78 is 16.8. The van der Waals surface area contributed by atoms with Crippen molar-refractivity contribution in [1.29, 1.82) is 0 Å². The first-order valence-corrected chi connectivity index (χ1v) is 11.5. The molecule has 0 saturated heterocycles. The van der Waals surface area contributed by atoms with Crippen molar-refractivity contribution in [2.45, 2.75) is 65.7 Å². The number of esters is 1. The van der Waals surface area contributed by atoms with Gasteiger partial charge in [-0.25, -0.2) is 4.79 Å². The molecule has 4 heteroatoms. The first-order chi connectivity index (χ1) is 15.1. The Morgan fingerprint density at radius 3 is 2.19 bits per heavy atom. The second-order valence-electron chi connectivity index (χ2n) is 7.90. The van der Waals surface area contributed by atoms with E-state index in [0.29, 0.717) is 29.6 Å². The molecule has 0 fully saturated rings. The third kappa shape index (κ3) is 9.73. The summed E-state index contributed by atoms with van der Waals surface area (Å²) in [5, 5.41) is 0. The fourth-order valence-electron chi connectivity index (χ4n) is 2.86. The summed E-state index contributed by atoms with van der Waals surface area (Å²) in [7, 11) is 0. The van der Waals surface area contributed by atoms with E-state index < -0.39 is 5.97 Å². The fraction of sp³-hybridized carbons (Fsp3) is 0.444. The quantitative estimate of drug-likeness (QED) is 0.136. The summed E-state index contributed by atoms with van der Waals surface area (Å²) in [4.78, 5) is 12.4. The molecule has 1 unspecified atom stereocenters. The molecule has 2 aromatic rings. The van der Waals surface area contributed by atoms with Crippen molar-refractivity contribution in [2.24, 2.45) is 5.92 Å². The molecule has 1 atom stereocenters. The van der Waals surface area contributed by atoms with E-state index in [2.05, 4.69) is 20.8 Å². The molecule has 168 valence electrons. The lowest BCUT2D eigenvalue weighted by molar-refractivity contribution is 0.0734. The van der Waals surface area contributed by atoms with Gasteiger partial charge in [0.1, 0.15) is 17.2 Å². The molecule has 2 aromatic carbocycles. The van der Waals surface area contributed by atoms with Crippen LogP contribution in [-0.4, -0.2) is 12.6 Å². The highest BCUT2D eigenvalue weighted by atomic mass is 16.5. The monoisotopic (exact) mass is 424 g/mol. The van der Waals surface area contributed by atoms with Crippen LogP contribution < -0.4 is 14.2 Å². The number of carbonyl (C=O) groups is 1. The van der Waals surface area contributed by atoms with Gasteiger partial charge in [0.2, 0.25) is 0 Å². The maximum Gasteiger partial charge on any atom is 0.343 e. The molecule has 0 radical (unpaired) electrons. The molecular weight excluding hydrogens is 388 g/mol. The van der Waals surface area contributed by atoms with Gasteiger partial charge in [0.05, 0.1) is 18.4 Å². The number of ether oxygens (including phenoxy) is 3. The van der Waals surface area contributed by atoms with Crippen LogP contribution in [0.1, 0.15) is 76.1 Å². The topological polar surface area (TPSA) is 44.8 Å². The minimum Gasteiger partial charge on any atom is -0.493 e. The number of rotatable bonds is 14. The normalized spacial score (nSPS) is 12.0. The Balaban J connectivity index is 1.75. The largest absolute Gasteiger partial charge is 0.493 e. The van der Waals surface area contributed by atoms with Gasteiger partial charge >= 0.3 is 5.97 Å². The lowest BCUT2D eigenvalue weighted by Gasteiger charge is -2.11. The second kappa shape index (κ2) is 14.3. The summed E-state index contributed by atoms with van der Waals surface area (Å²) >= 11 is 0. The average Bonchev–Trinajstić information content (AvgIpc) is 2.80. The summed E-state index contributed by atoms with van der Waals surface area (Å²) in [6.45, 7) is 7.19. The number of unbranched alkanes of at least 4 members (excludes halogenated alkanes) is 5. The molecule has 0 N–H and O–H groups in total. The van der Waals surface area contributed by atoms with Gasteiger partial charge < -0.3 is 14.2 Å². The zero-order valence-corrected chi connectivity index (χ0v) is 19.1. The lowest BCUT2D eigenvalue weighted by Crippen LogP contribution is -2.09. The minimum atomic E-state index is -0.401. The first kappa shape index (κ1) is 24.5. The maximum atomic E-state index is 12.4. The van der Waals surface area contributed by atoms with Crippen molar-refractivity contribution in [2.75, 3.05) is 6.61 Å². The Hall–Kier alpha value is -2.75. The molecule has 0 spiro atoms. The van der Waals surface area contributed by atoms with E-state index in [4.69, 9.17) is 14.2 Å². The van der Waals surface area contributed by atoms with E-state index in [9.17, 15) is 4.79 Å². The Labute approximate surface area is 187 Å².